The lowest BCUT2D eigenvalue weighted by Crippen LogP contribution is -2.02. The molecule has 0 aliphatic carbocycles. The third kappa shape index (κ3) is 3.70. The van der Waals surface area contributed by atoms with Gasteiger partial charge >= 0.3 is 7.60 Å². The Bertz CT molecular complexity index is 302. The van der Waals surface area contributed by atoms with Crippen LogP contribution in [0, 0.1) is 0 Å². The number of hydrogen-bond acceptors (Lipinski definition) is 3. The molecule has 0 radical (unpaired) electrons. The van der Waals surface area contributed by atoms with Crippen LogP contribution in [-0.2, 0) is 15.6 Å². The molecule has 13 heavy (non-hydrogen) atoms. The highest BCUT2D eigenvalue weighted by molar-refractivity contribution is 7.52. The van der Waals surface area contributed by atoms with Crippen LogP contribution >= 0.6 is 7.60 Å². The van der Waals surface area contributed by atoms with E-state index in [1.165, 1.54) is 0 Å². The minimum Gasteiger partial charge on any atom is -0.323 e. The summed E-state index contributed by atoms with van der Waals surface area (Å²) in [7, 11) is -3.56. The van der Waals surface area contributed by atoms with Gasteiger partial charge in [0.1, 0.15) is 0 Å². The highest BCUT2D eigenvalue weighted by Gasteiger charge is 2.16. The van der Waals surface area contributed by atoms with Crippen molar-refractivity contribution < 1.29 is 14.1 Å². The first kappa shape index (κ1) is 10.4. The zero-order chi connectivity index (χ0) is 9.73. The van der Waals surface area contributed by atoms with Gasteiger partial charge in [-0.1, -0.05) is 30.3 Å². The summed E-state index contributed by atoms with van der Waals surface area (Å²) in [5.41, 5.74) is 0.994. The molecule has 1 rings (SSSR count). The van der Waals surface area contributed by atoms with E-state index in [-0.39, 0.29) is 6.16 Å². The summed E-state index contributed by atoms with van der Waals surface area (Å²) in [6, 6.07) is 9.41. The van der Waals surface area contributed by atoms with Crippen molar-refractivity contribution in [2.45, 2.75) is 6.42 Å². The van der Waals surface area contributed by atoms with Gasteiger partial charge in [0, 0.05) is 0 Å². The van der Waals surface area contributed by atoms with Crippen LogP contribution in [0.2, 0.25) is 0 Å². The summed E-state index contributed by atoms with van der Waals surface area (Å²) in [5.74, 6) is 4.66. The quantitative estimate of drug-likeness (QED) is 0.569. The third-order valence-electron chi connectivity index (χ3n) is 1.69. The van der Waals surface area contributed by atoms with Crippen molar-refractivity contribution in [1.82, 2.24) is 0 Å². The van der Waals surface area contributed by atoms with Crippen molar-refractivity contribution in [1.29, 1.82) is 0 Å². The van der Waals surface area contributed by atoms with E-state index in [1.54, 1.807) is 0 Å². The Kier molecular flexibility index (Phi) is 3.63. The van der Waals surface area contributed by atoms with Crippen LogP contribution in [0.1, 0.15) is 5.56 Å². The second-order valence-electron chi connectivity index (χ2n) is 2.70. The topological polar surface area (TPSA) is 72.5 Å². The monoisotopic (exact) mass is 201 g/mol. The Morgan fingerprint density at radius 1 is 1.38 bits per heavy atom. The SMILES string of the molecule is NOP(=O)(O)CCc1ccccc1. The molecular formula is C8H12NO3P. The average Bonchev–Trinajstić information content (AvgIpc) is 2.17. The fourth-order valence-corrected chi connectivity index (χ4v) is 1.61. The van der Waals surface area contributed by atoms with E-state index in [4.69, 9.17) is 4.89 Å². The molecule has 1 aromatic rings. The molecule has 1 unspecified atom stereocenters. The fraction of sp³-hybridized carbons (Fsp3) is 0.250. The van der Waals surface area contributed by atoms with Gasteiger partial charge in [0.05, 0.1) is 6.16 Å². The van der Waals surface area contributed by atoms with E-state index in [1.807, 2.05) is 30.3 Å². The standard InChI is InChI=1S/C8H12NO3P/c9-12-13(10,11)7-6-8-4-2-1-3-5-8/h1-5H,6-7,9H2,(H,10,11). The lowest BCUT2D eigenvalue weighted by molar-refractivity contribution is 0.268. The van der Waals surface area contributed by atoms with Crippen molar-refractivity contribution in [3.63, 3.8) is 0 Å². The molecule has 4 nitrogen and oxygen atoms in total. The highest BCUT2D eigenvalue weighted by atomic mass is 31.2. The lowest BCUT2D eigenvalue weighted by Gasteiger charge is -2.06. The van der Waals surface area contributed by atoms with E-state index in [0.717, 1.165) is 5.56 Å². The zero-order valence-electron chi connectivity index (χ0n) is 7.09. The Morgan fingerprint density at radius 3 is 2.54 bits per heavy atom. The molecule has 72 valence electrons. The first-order chi connectivity index (χ1) is 6.14. The minimum atomic E-state index is -3.56. The van der Waals surface area contributed by atoms with Crippen molar-refractivity contribution in [3.8, 4) is 0 Å². The maximum Gasteiger partial charge on any atom is 0.344 e. The zero-order valence-corrected chi connectivity index (χ0v) is 7.98. The van der Waals surface area contributed by atoms with Crippen molar-refractivity contribution in [2.75, 3.05) is 6.16 Å². The molecule has 0 fully saturated rings. The number of rotatable bonds is 4. The third-order valence-corrected chi connectivity index (χ3v) is 2.81. The van der Waals surface area contributed by atoms with E-state index >= 15 is 0 Å². The molecule has 5 heteroatoms. The van der Waals surface area contributed by atoms with Crippen LogP contribution in [0.25, 0.3) is 0 Å². The molecule has 0 saturated heterocycles. The molecule has 1 atom stereocenters. The van der Waals surface area contributed by atoms with Gasteiger partial charge in [-0.3, -0.25) is 4.57 Å². The molecule has 3 N–H and O–H groups in total. The molecule has 0 spiro atoms. The molecule has 0 amide bonds. The Morgan fingerprint density at radius 2 is 2.00 bits per heavy atom. The summed E-state index contributed by atoms with van der Waals surface area (Å²) >= 11 is 0. The molecule has 1 aromatic carbocycles. The van der Waals surface area contributed by atoms with Crippen LogP contribution in [0.5, 0.6) is 0 Å². The Hall–Kier alpha value is -0.670. The van der Waals surface area contributed by atoms with Crippen LogP contribution in [0.3, 0.4) is 0 Å². The predicted molar refractivity (Wildman–Crippen MR) is 50.1 cm³/mol. The van der Waals surface area contributed by atoms with Crippen molar-refractivity contribution in [2.24, 2.45) is 5.90 Å². The second kappa shape index (κ2) is 4.53. The van der Waals surface area contributed by atoms with Gasteiger partial charge in [0.2, 0.25) is 0 Å². The Balaban J connectivity index is 2.49. The number of benzene rings is 1. The summed E-state index contributed by atoms with van der Waals surface area (Å²) < 4.78 is 14.9. The van der Waals surface area contributed by atoms with Gasteiger partial charge in [-0.15, -0.1) is 0 Å². The molecule has 0 aliphatic heterocycles. The van der Waals surface area contributed by atoms with Crippen LogP contribution in [0.4, 0.5) is 0 Å². The summed E-state index contributed by atoms with van der Waals surface area (Å²) in [6.45, 7) is 0. The van der Waals surface area contributed by atoms with Crippen molar-refractivity contribution in [3.05, 3.63) is 35.9 Å². The largest absolute Gasteiger partial charge is 0.344 e. The van der Waals surface area contributed by atoms with Gasteiger partial charge in [-0.05, 0) is 12.0 Å². The number of nitrogens with two attached hydrogens (primary N) is 1. The van der Waals surface area contributed by atoms with E-state index in [0.29, 0.717) is 6.42 Å². The van der Waals surface area contributed by atoms with E-state index in [9.17, 15) is 4.57 Å². The predicted octanol–water partition coefficient (Wildman–Crippen LogP) is 1.30. The Labute approximate surface area is 76.8 Å². The molecular weight excluding hydrogens is 189 g/mol. The van der Waals surface area contributed by atoms with Gasteiger partial charge in [0.15, 0.2) is 0 Å². The summed E-state index contributed by atoms with van der Waals surface area (Å²) in [5, 5.41) is 0. The smallest absolute Gasteiger partial charge is 0.323 e. The molecule has 0 heterocycles. The lowest BCUT2D eigenvalue weighted by atomic mass is 10.2. The number of hydrogen-bond donors (Lipinski definition) is 2. The van der Waals surface area contributed by atoms with Crippen LogP contribution in [0.15, 0.2) is 30.3 Å². The minimum absolute atomic E-state index is 0.0491. The highest BCUT2D eigenvalue weighted by Crippen LogP contribution is 2.39. The molecule has 0 aliphatic rings. The van der Waals surface area contributed by atoms with Crippen LogP contribution < -0.4 is 5.90 Å². The fourth-order valence-electron chi connectivity index (χ4n) is 0.968. The van der Waals surface area contributed by atoms with E-state index in [2.05, 4.69) is 10.5 Å². The number of aryl methyl sites for hydroxylation is 1. The first-order valence-electron chi connectivity index (χ1n) is 3.88. The summed E-state index contributed by atoms with van der Waals surface area (Å²) in [4.78, 5) is 8.99. The van der Waals surface area contributed by atoms with Gasteiger partial charge in [-0.25, -0.2) is 10.5 Å². The summed E-state index contributed by atoms with van der Waals surface area (Å²) in [6.07, 6.45) is 0.541. The average molecular weight is 201 g/mol. The normalized spacial score (nSPS) is 15.2. The molecule has 0 bridgehead atoms. The molecule has 0 aromatic heterocycles. The second-order valence-corrected chi connectivity index (χ2v) is 4.64. The maximum atomic E-state index is 11.0. The maximum absolute atomic E-state index is 11.0. The first-order valence-corrected chi connectivity index (χ1v) is 5.64. The van der Waals surface area contributed by atoms with E-state index < -0.39 is 7.60 Å². The molecule has 0 saturated carbocycles. The van der Waals surface area contributed by atoms with Gasteiger partial charge < -0.3 is 4.89 Å². The van der Waals surface area contributed by atoms with Crippen LogP contribution in [-0.4, -0.2) is 11.1 Å². The van der Waals surface area contributed by atoms with Crippen molar-refractivity contribution >= 4 is 7.60 Å². The van der Waals surface area contributed by atoms with Gasteiger partial charge in [0.25, 0.3) is 0 Å². The van der Waals surface area contributed by atoms with Gasteiger partial charge in [-0.2, -0.15) is 0 Å².